The molecule has 3 aromatic rings. The van der Waals surface area contributed by atoms with Gasteiger partial charge in [0.1, 0.15) is 0 Å². The number of aliphatic hydroxyl groups is 1. The number of hydrogen-bond acceptors (Lipinski definition) is 2. The Hall–Kier alpha value is -2.29. The molecule has 0 aliphatic heterocycles. The van der Waals surface area contributed by atoms with Gasteiger partial charge in [0, 0.05) is 26.2 Å². The zero-order valence-electron chi connectivity index (χ0n) is 15.7. The van der Waals surface area contributed by atoms with Gasteiger partial charge in [-0.2, -0.15) is 29.3 Å². The topological polar surface area (TPSA) is 37.3 Å². The van der Waals surface area contributed by atoms with Crippen LogP contribution in [0.25, 0.3) is 21.9 Å². The molecule has 0 aromatic heterocycles. The minimum absolute atomic E-state index is 0. The molecule has 0 aliphatic carbocycles. The maximum atomic E-state index is 13.6. The Morgan fingerprint density at radius 3 is 2.33 bits per heavy atom. The van der Waals surface area contributed by atoms with Crippen molar-refractivity contribution in [3.63, 3.8) is 0 Å². The fraction of sp³-hybridized carbons (Fsp3) is 0.174. The number of carbonyl (C=O) groups is 1. The molecule has 0 heterocycles. The van der Waals surface area contributed by atoms with E-state index in [0.717, 1.165) is 27.6 Å². The first kappa shape index (κ1) is 22.7. The Balaban J connectivity index is 0.000000395. The molecule has 27 heavy (non-hydrogen) atoms. The van der Waals surface area contributed by atoms with Crippen LogP contribution in [0.4, 0.5) is 4.39 Å². The predicted molar refractivity (Wildman–Crippen MR) is 104 cm³/mol. The van der Waals surface area contributed by atoms with E-state index in [4.69, 9.17) is 5.11 Å². The van der Waals surface area contributed by atoms with Gasteiger partial charge in [-0.3, -0.25) is 4.79 Å². The van der Waals surface area contributed by atoms with Crippen LogP contribution in [0.5, 0.6) is 0 Å². The standard InChI is InChI=1S/C18H13F.C5H8O2.Ir/c1-12-6-7-13(2)17(10-12)15-8-9-16-14(11-15)4-3-5-18(16)19;1-4(6)3-5(2)7;/h3-9H,1-2H3;3,6H,1-2H3;/q-2;;/b;4-3-;. The van der Waals surface area contributed by atoms with Gasteiger partial charge in [0.25, 0.3) is 0 Å². The molecule has 1 radical (unpaired) electrons. The van der Waals surface area contributed by atoms with E-state index in [1.807, 2.05) is 31.2 Å². The minimum atomic E-state index is -0.203. The SMILES string of the molecule is CC(=O)/C=C(/C)O.Cc1[c-]c(-c2[c-]c3cccc(F)c3cc2)c(C)cc1.[Ir]. The van der Waals surface area contributed by atoms with Crippen LogP contribution in [0.3, 0.4) is 0 Å². The van der Waals surface area contributed by atoms with Crippen LogP contribution in [-0.2, 0) is 24.9 Å². The van der Waals surface area contributed by atoms with Crippen molar-refractivity contribution < 1.29 is 34.4 Å². The molecule has 0 amide bonds. The Labute approximate surface area is 173 Å². The van der Waals surface area contributed by atoms with E-state index in [9.17, 15) is 9.18 Å². The average Bonchev–Trinajstić information content (AvgIpc) is 2.56. The summed E-state index contributed by atoms with van der Waals surface area (Å²) in [5.41, 5.74) is 4.23. The second-order valence-electron chi connectivity index (χ2n) is 6.17. The van der Waals surface area contributed by atoms with E-state index in [0.29, 0.717) is 5.39 Å². The van der Waals surface area contributed by atoms with Crippen LogP contribution >= 0.6 is 0 Å². The maximum Gasteiger partial charge on any atom is 0.155 e. The number of carbonyl (C=O) groups excluding carboxylic acids is 1. The van der Waals surface area contributed by atoms with Crippen LogP contribution in [0.1, 0.15) is 25.0 Å². The molecule has 3 aromatic carbocycles. The van der Waals surface area contributed by atoms with Gasteiger partial charge in [-0.15, -0.1) is 35.2 Å². The zero-order chi connectivity index (χ0) is 19.3. The Bertz CT molecular complexity index is 973. The quantitative estimate of drug-likeness (QED) is 0.250. The second kappa shape index (κ2) is 10.1. The van der Waals surface area contributed by atoms with E-state index < -0.39 is 0 Å². The molecule has 2 nitrogen and oxygen atoms in total. The summed E-state index contributed by atoms with van der Waals surface area (Å²) in [5.74, 6) is -0.266. The minimum Gasteiger partial charge on any atom is -0.512 e. The number of fused-ring (bicyclic) bond motifs is 1. The molecule has 4 heteroatoms. The smallest absolute Gasteiger partial charge is 0.155 e. The summed E-state index contributed by atoms with van der Waals surface area (Å²) >= 11 is 0. The predicted octanol–water partition coefficient (Wildman–Crippen LogP) is 5.90. The summed E-state index contributed by atoms with van der Waals surface area (Å²) in [6.45, 7) is 6.92. The number of halogens is 1. The molecule has 0 atom stereocenters. The number of aryl methyl sites for hydroxylation is 2. The van der Waals surface area contributed by atoms with Crippen molar-refractivity contribution in [1.82, 2.24) is 0 Å². The summed E-state index contributed by atoms with van der Waals surface area (Å²) in [6.07, 6.45) is 1.17. The third-order valence-corrected chi connectivity index (χ3v) is 3.72. The summed E-state index contributed by atoms with van der Waals surface area (Å²) in [6, 6.07) is 19.5. The average molecular weight is 541 g/mol. The van der Waals surface area contributed by atoms with E-state index in [-0.39, 0.29) is 37.5 Å². The van der Waals surface area contributed by atoms with E-state index in [1.165, 1.54) is 26.0 Å². The summed E-state index contributed by atoms with van der Waals surface area (Å²) in [7, 11) is 0. The number of hydrogen-bond donors (Lipinski definition) is 1. The normalized spacial score (nSPS) is 10.6. The summed E-state index contributed by atoms with van der Waals surface area (Å²) < 4.78 is 13.6. The van der Waals surface area contributed by atoms with E-state index in [2.05, 4.69) is 25.1 Å². The summed E-state index contributed by atoms with van der Waals surface area (Å²) in [4.78, 5) is 10.0. The van der Waals surface area contributed by atoms with Crippen LogP contribution in [0, 0.1) is 31.8 Å². The fourth-order valence-electron chi connectivity index (χ4n) is 2.56. The second-order valence-corrected chi connectivity index (χ2v) is 6.17. The number of rotatable bonds is 2. The first-order chi connectivity index (χ1) is 12.3. The van der Waals surface area contributed by atoms with Crippen molar-refractivity contribution in [2.45, 2.75) is 27.7 Å². The molecular formula is C23H21FIrO2-2. The molecule has 0 fully saturated rings. The van der Waals surface area contributed by atoms with E-state index >= 15 is 0 Å². The maximum absolute atomic E-state index is 13.6. The van der Waals surface area contributed by atoms with Gasteiger partial charge in [0.15, 0.2) is 5.78 Å². The molecule has 0 unspecified atom stereocenters. The fourth-order valence-corrected chi connectivity index (χ4v) is 2.56. The number of ketones is 1. The Kier molecular flexibility index (Phi) is 8.55. The zero-order valence-corrected chi connectivity index (χ0v) is 18.1. The van der Waals surface area contributed by atoms with Gasteiger partial charge in [-0.25, -0.2) is 9.95 Å². The molecule has 0 saturated heterocycles. The number of benzene rings is 3. The monoisotopic (exact) mass is 541 g/mol. The van der Waals surface area contributed by atoms with Gasteiger partial charge in [0.2, 0.25) is 0 Å². The molecule has 0 aliphatic rings. The van der Waals surface area contributed by atoms with Crippen molar-refractivity contribution in [2.75, 3.05) is 0 Å². The van der Waals surface area contributed by atoms with Crippen molar-refractivity contribution >= 4 is 16.6 Å². The first-order valence-electron chi connectivity index (χ1n) is 8.26. The molecule has 1 N–H and O–H groups in total. The third-order valence-electron chi connectivity index (χ3n) is 3.72. The molecule has 0 saturated carbocycles. The van der Waals surface area contributed by atoms with Crippen LogP contribution in [-0.4, -0.2) is 10.9 Å². The molecule has 0 spiro atoms. The Morgan fingerprint density at radius 1 is 1.04 bits per heavy atom. The van der Waals surface area contributed by atoms with E-state index in [1.54, 1.807) is 6.07 Å². The number of aliphatic hydroxyl groups excluding tert-OH is 1. The molecular weight excluding hydrogens is 519 g/mol. The van der Waals surface area contributed by atoms with Crippen molar-refractivity contribution in [2.24, 2.45) is 0 Å². The van der Waals surface area contributed by atoms with Crippen LogP contribution in [0.2, 0.25) is 0 Å². The van der Waals surface area contributed by atoms with Gasteiger partial charge in [-0.1, -0.05) is 25.3 Å². The van der Waals surface area contributed by atoms with Crippen molar-refractivity contribution in [3.05, 3.63) is 83.4 Å². The number of allylic oxidation sites excluding steroid dienone is 2. The van der Waals surface area contributed by atoms with Gasteiger partial charge in [-0.05, 0) is 19.9 Å². The van der Waals surface area contributed by atoms with Gasteiger partial charge < -0.3 is 5.11 Å². The largest absolute Gasteiger partial charge is 0.512 e. The van der Waals surface area contributed by atoms with Crippen molar-refractivity contribution in [3.8, 4) is 11.1 Å². The van der Waals surface area contributed by atoms with Crippen LogP contribution in [0.15, 0.2) is 54.3 Å². The molecule has 3 rings (SSSR count). The van der Waals surface area contributed by atoms with Crippen molar-refractivity contribution in [1.29, 1.82) is 0 Å². The van der Waals surface area contributed by atoms with Crippen LogP contribution < -0.4 is 0 Å². The summed E-state index contributed by atoms with van der Waals surface area (Å²) in [5, 5.41) is 9.77. The van der Waals surface area contributed by atoms with Gasteiger partial charge in [0.05, 0.1) is 11.6 Å². The molecule has 0 bridgehead atoms. The first-order valence-corrected chi connectivity index (χ1v) is 8.26. The third kappa shape index (κ3) is 6.42. The van der Waals surface area contributed by atoms with Gasteiger partial charge >= 0.3 is 0 Å². The molecule has 143 valence electrons. The Morgan fingerprint density at radius 2 is 1.74 bits per heavy atom.